The second-order valence-electron chi connectivity index (χ2n) is 5.80. The van der Waals surface area contributed by atoms with Crippen molar-refractivity contribution in [1.82, 2.24) is 4.72 Å². The molecule has 0 spiro atoms. The van der Waals surface area contributed by atoms with E-state index in [1.165, 1.54) is 0 Å². The highest BCUT2D eigenvalue weighted by Crippen LogP contribution is 2.45. The van der Waals surface area contributed by atoms with Crippen LogP contribution < -0.4 is 4.72 Å². The Bertz CT molecular complexity index is 611. The molecule has 106 valence electrons. The first-order chi connectivity index (χ1) is 9.60. The molecule has 1 N–H and O–H groups in total. The molecule has 1 aromatic carbocycles. The van der Waals surface area contributed by atoms with Gasteiger partial charge in [-0.1, -0.05) is 12.1 Å². The van der Waals surface area contributed by atoms with E-state index in [1.807, 2.05) is 0 Å². The topological polar surface area (TPSA) is 70.0 Å². The highest BCUT2D eigenvalue weighted by Gasteiger charge is 2.43. The molecule has 2 aliphatic rings. The third kappa shape index (κ3) is 3.02. The lowest BCUT2D eigenvalue weighted by Gasteiger charge is -2.17. The van der Waals surface area contributed by atoms with E-state index in [9.17, 15) is 8.42 Å². The molecular weight excluding hydrogens is 272 g/mol. The summed E-state index contributed by atoms with van der Waals surface area (Å²) in [6, 6.07) is 8.78. The maximum absolute atomic E-state index is 12.4. The molecule has 0 saturated heterocycles. The Hall–Kier alpha value is -1.38. The minimum atomic E-state index is -3.43. The number of sulfonamides is 1. The van der Waals surface area contributed by atoms with Crippen LogP contribution in [0.5, 0.6) is 0 Å². The number of nitrogens with zero attached hydrogens (tertiary/aromatic N) is 1. The Morgan fingerprint density at radius 1 is 1.15 bits per heavy atom. The molecule has 5 heteroatoms. The third-order valence-electron chi connectivity index (χ3n) is 4.07. The second kappa shape index (κ2) is 5.19. The van der Waals surface area contributed by atoms with Gasteiger partial charge in [-0.15, -0.1) is 0 Å². The molecule has 0 atom stereocenters. The van der Waals surface area contributed by atoms with Gasteiger partial charge in [-0.05, 0) is 55.2 Å². The molecule has 0 bridgehead atoms. The Labute approximate surface area is 119 Å². The molecule has 2 aliphatic carbocycles. The molecule has 3 rings (SSSR count). The largest absolute Gasteiger partial charge is 0.240 e. The summed E-state index contributed by atoms with van der Waals surface area (Å²) in [5.41, 5.74) is 0.840. The van der Waals surface area contributed by atoms with Crippen LogP contribution in [0.2, 0.25) is 0 Å². The Kier molecular flexibility index (Phi) is 3.53. The zero-order valence-electron chi connectivity index (χ0n) is 11.2. The number of nitriles is 1. The fraction of sp³-hybridized carbons (Fsp3) is 0.533. The second-order valence-corrected chi connectivity index (χ2v) is 7.51. The van der Waals surface area contributed by atoms with E-state index in [-0.39, 0.29) is 6.04 Å². The van der Waals surface area contributed by atoms with E-state index in [2.05, 4.69) is 10.8 Å². The average molecular weight is 290 g/mol. The van der Waals surface area contributed by atoms with Gasteiger partial charge < -0.3 is 0 Å². The van der Waals surface area contributed by atoms with Gasteiger partial charge in [0.15, 0.2) is 0 Å². The van der Waals surface area contributed by atoms with Crippen LogP contribution in [0.1, 0.15) is 31.2 Å². The van der Waals surface area contributed by atoms with Crippen molar-refractivity contribution in [2.75, 3.05) is 0 Å². The summed E-state index contributed by atoms with van der Waals surface area (Å²) in [5.74, 6) is 1.07. The summed E-state index contributed by atoms with van der Waals surface area (Å²) in [6.07, 6.45) is 4.88. The molecule has 0 amide bonds. The molecular formula is C15H18N2O2S. The fourth-order valence-electron chi connectivity index (χ4n) is 2.61. The molecule has 0 heterocycles. The lowest BCUT2D eigenvalue weighted by molar-refractivity contribution is 0.471. The summed E-state index contributed by atoms with van der Waals surface area (Å²) < 4.78 is 27.7. The quantitative estimate of drug-likeness (QED) is 0.873. The Morgan fingerprint density at radius 2 is 1.70 bits per heavy atom. The van der Waals surface area contributed by atoms with E-state index in [0.29, 0.717) is 23.2 Å². The smallest absolute Gasteiger partial charge is 0.208 e. The van der Waals surface area contributed by atoms with E-state index in [0.717, 1.165) is 31.2 Å². The standard InChI is InChI=1S/C15H18N2O2S/c16-10-9-11-1-7-14(8-2-11)20(18,19)17-15(12-3-4-12)13-5-6-13/h1-2,7-8,12-13,15,17H,3-6,9H2. The van der Waals surface area contributed by atoms with Gasteiger partial charge in [0.25, 0.3) is 0 Å². The molecule has 20 heavy (non-hydrogen) atoms. The first-order valence-electron chi connectivity index (χ1n) is 7.08. The fourth-order valence-corrected chi connectivity index (χ4v) is 3.99. The lowest BCUT2D eigenvalue weighted by atomic mass is 10.1. The van der Waals surface area contributed by atoms with Gasteiger partial charge in [0.05, 0.1) is 17.4 Å². The monoisotopic (exact) mass is 290 g/mol. The summed E-state index contributed by atoms with van der Waals surface area (Å²) >= 11 is 0. The van der Waals surface area contributed by atoms with Crippen LogP contribution in [0.3, 0.4) is 0 Å². The van der Waals surface area contributed by atoms with Crippen LogP contribution in [0, 0.1) is 23.2 Å². The predicted octanol–water partition coefficient (Wildman–Crippen LogP) is 2.22. The SMILES string of the molecule is N#CCc1ccc(S(=O)(=O)NC(C2CC2)C2CC2)cc1. The van der Waals surface area contributed by atoms with Crippen molar-refractivity contribution in [3.8, 4) is 6.07 Å². The summed E-state index contributed by atoms with van der Waals surface area (Å²) in [6.45, 7) is 0. The van der Waals surface area contributed by atoms with Crippen LogP contribution >= 0.6 is 0 Å². The molecule has 1 aromatic rings. The van der Waals surface area contributed by atoms with Crippen LogP contribution in [-0.4, -0.2) is 14.5 Å². The molecule has 0 radical (unpaired) electrons. The molecule has 0 aromatic heterocycles. The molecule has 2 saturated carbocycles. The molecule has 2 fully saturated rings. The summed E-state index contributed by atoms with van der Waals surface area (Å²) in [5, 5.41) is 8.62. The molecule has 0 aliphatic heterocycles. The van der Waals surface area contributed by atoms with Gasteiger partial charge in [0.1, 0.15) is 0 Å². The number of benzene rings is 1. The normalized spacial score (nSPS) is 19.0. The van der Waals surface area contributed by atoms with Crippen LogP contribution in [0.15, 0.2) is 29.2 Å². The van der Waals surface area contributed by atoms with Gasteiger partial charge in [0, 0.05) is 6.04 Å². The molecule has 4 nitrogen and oxygen atoms in total. The predicted molar refractivity (Wildman–Crippen MR) is 75.3 cm³/mol. The number of nitrogens with one attached hydrogen (secondary N) is 1. The van der Waals surface area contributed by atoms with Crippen molar-refractivity contribution in [2.24, 2.45) is 11.8 Å². The highest BCUT2D eigenvalue weighted by molar-refractivity contribution is 7.89. The minimum absolute atomic E-state index is 0.124. The maximum atomic E-state index is 12.4. The van der Waals surface area contributed by atoms with Gasteiger partial charge >= 0.3 is 0 Å². The van der Waals surface area contributed by atoms with Crippen LogP contribution in [-0.2, 0) is 16.4 Å². The van der Waals surface area contributed by atoms with Crippen molar-refractivity contribution in [3.63, 3.8) is 0 Å². The van der Waals surface area contributed by atoms with Gasteiger partial charge in [-0.2, -0.15) is 5.26 Å². The van der Waals surface area contributed by atoms with Gasteiger partial charge in [-0.3, -0.25) is 0 Å². The van der Waals surface area contributed by atoms with E-state index in [4.69, 9.17) is 5.26 Å². The van der Waals surface area contributed by atoms with Crippen LogP contribution in [0.4, 0.5) is 0 Å². The number of hydrogen-bond acceptors (Lipinski definition) is 3. The first kappa shape index (κ1) is 13.6. The zero-order chi connectivity index (χ0) is 14.2. The van der Waals surface area contributed by atoms with Gasteiger partial charge in [-0.25, -0.2) is 13.1 Å². The lowest BCUT2D eigenvalue weighted by Crippen LogP contribution is -2.38. The third-order valence-corrected chi connectivity index (χ3v) is 5.54. The zero-order valence-corrected chi connectivity index (χ0v) is 12.1. The van der Waals surface area contributed by atoms with E-state index in [1.54, 1.807) is 24.3 Å². The first-order valence-corrected chi connectivity index (χ1v) is 8.57. The van der Waals surface area contributed by atoms with Crippen molar-refractivity contribution < 1.29 is 8.42 Å². The maximum Gasteiger partial charge on any atom is 0.240 e. The number of hydrogen-bond donors (Lipinski definition) is 1. The van der Waals surface area contributed by atoms with Crippen molar-refractivity contribution >= 4 is 10.0 Å². The average Bonchev–Trinajstić information content (AvgIpc) is 3.29. The van der Waals surface area contributed by atoms with E-state index < -0.39 is 10.0 Å². The van der Waals surface area contributed by atoms with Gasteiger partial charge in [0.2, 0.25) is 10.0 Å². The van der Waals surface area contributed by atoms with Crippen molar-refractivity contribution in [2.45, 2.75) is 43.0 Å². The summed E-state index contributed by atoms with van der Waals surface area (Å²) in [7, 11) is -3.43. The Balaban J connectivity index is 1.75. The summed E-state index contributed by atoms with van der Waals surface area (Å²) in [4.78, 5) is 0.297. The Morgan fingerprint density at radius 3 is 2.15 bits per heavy atom. The molecule has 0 unspecified atom stereocenters. The highest BCUT2D eigenvalue weighted by atomic mass is 32.2. The van der Waals surface area contributed by atoms with Crippen LogP contribution in [0.25, 0.3) is 0 Å². The minimum Gasteiger partial charge on any atom is -0.208 e. The van der Waals surface area contributed by atoms with E-state index >= 15 is 0 Å². The number of rotatable bonds is 6. The van der Waals surface area contributed by atoms with Crippen molar-refractivity contribution in [3.05, 3.63) is 29.8 Å². The van der Waals surface area contributed by atoms with Crippen molar-refractivity contribution in [1.29, 1.82) is 5.26 Å².